The molecule has 0 radical (unpaired) electrons. The van der Waals surface area contributed by atoms with Crippen LogP contribution in [0.25, 0.3) is 0 Å². The summed E-state index contributed by atoms with van der Waals surface area (Å²) in [7, 11) is 1.23. The van der Waals surface area contributed by atoms with Gasteiger partial charge in [0, 0.05) is 6.07 Å². The van der Waals surface area contributed by atoms with Crippen molar-refractivity contribution in [3.63, 3.8) is 0 Å². The lowest BCUT2D eigenvalue weighted by molar-refractivity contribution is -0.146. The molecule has 1 rings (SSSR count). The van der Waals surface area contributed by atoms with Crippen molar-refractivity contribution >= 4 is 5.97 Å². The molecule has 0 aliphatic heterocycles. The quantitative estimate of drug-likeness (QED) is 0.885. The molecular weight excluding hydrogens is 230 g/mol. The summed E-state index contributed by atoms with van der Waals surface area (Å²) in [6, 6.07) is 1.89. The number of aliphatic carboxylic acids is 1. The molecule has 5 heteroatoms. The van der Waals surface area contributed by atoms with Crippen molar-refractivity contribution in [1.82, 2.24) is 0 Å². The molecule has 0 saturated heterocycles. The third-order valence-electron chi connectivity index (χ3n) is 2.53. The van der Waals surface area contributed by atoms with Gasteiger partial charge in [0.2, 0.25) is 0 Å². The lowest BCUT2D eigenvalue weighted by atomic mass is 9.85. The van der Waals surface area contributed by atoms with Crippen molar-refractivity contribution in [3.8, 4) is 5.75 Å². The smallest absolute Gasteiger partial charge is 0.309 e. The molecule has 3 nitrogen and oxygen atoms in total. The minimum Gasteiger partial charge on any atom is -0.494 e. The topological polar surface area (TPSA) is 46.5 Å². The fraction of sp³-hybridized carbons (Fsp3) is 0.417. The number of carboxylic acid groups (broad SMARTS) is 1. The largest absolute Gasteiger partial charge is 0.494 e. The van der Waals surface area contributed by atoms with Gasteiger partial charge in [-0.1, -0.05) is 0 Å². The Morgan fingerprint density at radius 1 is 1.35 bits per heavy atom. The van der Waals surface area contributed by atoms with E-state index >= 15 is 0 Å². The molecule has 0 fully saturated rings. The first-order valence-corrected chi connectivity index (χ1v) is 5.03. The lowest BCUT2D eigenvalue weighted by Crippen LogP contribution is -2.26. The van der Waals surface area contributed by atoms with E-state index in [1.165, 1.54) is 21.0 Å². The van der Waals surface area contributed by atoms with Crippen molar-refractivity contribution in [3.05, 3.63) is 29.3 Å². The van der Waals surface area contributed by atoms with Crippen LogP contribution in [0, 0.1) is 17.0 Å². The van der Waals surface area contributed by atoms with E-state index in [1.54, 1.807) is 0 Å². The SMILES string of the molecule is COc1cc(F)c(CC(C)(C)C(=O)O)cc1F. The van der Waals surface area contributed by atoms with Gasteiger partial charge in [0.15, 0.2) is 11.6 Å². The molecule has 0 bridgehead atoms. The van der Waals surface area contributed by atoms with E-state index in [2.05, 4.69) is 4.74 Å². The Balaban J connectivity index is 3.08. The summed E-state index contributed by atoms with van der Waals surface area (Å²) >= 11 is 0. The van der Waals surface area contributed by atoms with Crippen LogP contribution < -0.4 is 4.74 Å². The van der Waals surface area contributed by atoms with Gasteiger partial charge < -0.3 is 9.84 Å². The normalized spacial score (nSPS) is 11.4. The number of methoxy groups -OCH3 is 1. The van der Waals surface area contributed by atoms with Crippen molar-refractivity contribution in [2.45, 2.75) is 20.3 Å². The second-order valence-corrected chi connectivity index (χ2v) is 4.44. The van der Waals surface area contributed by atoms with Crippen molar-refractivity contribution < 1.29 is 23.4 Å². The minimum atomic E-state index is -1.15. The minimum absolute atomic E-state index is 0.0238. The molecule has 1 aromatic rings. The Kier molecular flexibility index (Phi) is 3.70. The van der Waals surface area contributed by atoms with E-state index in [0.29, 0.717) is 0 Å². The second kappa shape index (κ2) is 4.69. The molecule has 0 saturated carbocycles. The summed E-state index contributed by atoms with van der Waals surface area (Å²) in [5, 5.41) is 8.92. The number of hydrogen-bond donors (Lipinski definition) is 1. The van der Waals surface area contributed by atoms with Crippen LogP contribution in [-0.2, 0) is 11.2 Å². The number of rotatable bonds is 4. The van der Waals surface area contributed by atoms with Crippen LogP contribution in [0.2, 0.25) is 0 Å². The van der Waals surface area contributed by atoms with Crippen LogP contribution in [0.1, 0.15) is 19.4 Å². The standard InChI is InChI=1S/C12H14F2O3/c1-12(2,11(15)16)6-7-4-9(14)10(17-3)5-8(7)13/h4-5H,6H2,1-3H3,(H,15,16). The van der Waals surface area contributed by atoms with Crippen LogP contribution in [0.5, 0.6) is 5.75 Å². The van der Waals surface area contributed by atoms with E-state index in [-0.39, 0.29) is 17.7 Å². The molecule has 17 heavy (non-hydrogen) atoms. The maximum Gasteiger partial charge on any atom is 0.309 e. The molecule has 0 aliphatic carbocycles. The summed E-state index contributed by atoms with van der Waals surface area (Å²) in [6.45, 7) is 2.91. The highest BCUT2D eigenvalue weighted by Gasteiger charge is 2.29. The van der Waals surface area contributed by atoms with Gasteiger partial charge >= 0.3 is 5.97 Å². The fourth-order valence-electron chi connectivity index (χ4n) is 1.41. The Morgan fingerprint density at radius 3 is 2.41 bits per heavy atom. The van der Waals surface area contributed by atoms with Gasteiger partial charge in [0.25, 0.3) is 0 Å². The second-order valence-electron chi connectivity index (χ2n) is 4.44. The van der Waals surface area contributed by atoms with E-state index in [1.807, 2.05) is 0 Å². The highest BCUT2D eigenvalue weighted by atomic mass is 19.1. The van der Waals surface area contributed by atoms with Crippen LogP contribution in [0.4, 0.5) is 8.78 Å². The summed E-state index contributed by atoms with van der Waals surface area (Å²) < 4.78 is 31.6. The van der Waals surface area contributed by atoms with Crippen LogP contribution in [0.15, 0.2) is 12.1 Å². The number of hydrogen-bond acceptors (Lipinski definition) is 2. The number of carbonyl (C=O) groups is 1. The fourth-order valence-corrected chi connectivity index (χ4v) is 1.41. The molecule has 0 unspecified atom stereocenters. The van der Waals surface area contributed by atoms with E-state index in [0.717, 1.165) is 12.1 Å². The zero-order valence-corrected chi connectivity index (χ0v) is 9.88. The molecule has 0 spiro atoms. The van der Waals surface area contributed by atoms with Gasteiger partial charge in [-0.05, 0) is 31.9 Å². The summed E-state index contributed by atoms with van der Waals surface area (Å²) in [5.41, 5.74) is -1.13. The first kappa shape index (κ1) is 13.4. The number of halogens is 2. The molecule has 0 aliphatic rings. The van der Waals surface area contributed by atoms with Gasteiger partial charge in [-0.15, -0.1) is 0 Å². The van der Waals surface area contributed by atoms with Crippen LogP contribution >= 0.6 is 0 Å². The highest BCUT2D eigenvalue weighted by Crippen LogP contribution is 2.27. The predicted octanol–water partition coefficient (Wildman–Crippen LogP) is 2.63. The van der Waals surface area contributed by atoms with Crippen molar-refractivity contribution in [2.75, 3.05) is 7.11 Å². The molecule has 94 valence electrons. The first-order chi connectivity index (χ1) is 7.77. The van der Waals surface area contributed by atoms with Gasteiger partial charge in [0.05, 0.1) is 12.5 Å². The molecule has 0 aromatic heterocycles. The number of benzene rings is 1. The summed E-state index contributed by atoms with van der Waals surface area (Å²) in [4.78, 5) is 10.9. The molecular formula is C12H14F2O3. The van der Waals surface area contributed by atoms with Gasteiger partial charge in [0.1, 0.15) is 5.82 Å². The predicted molar refractivity (Wildman–Crippen MR) is 58.0 cm³/mol. The Hall–Kier alpha value is -1.65. The molecule has 0 amide bonds. The number of carboxylic acids is 1. The van der Waals surface area contributed by atoms with Gasteiger partial charge in [-0.3, -0.25) is 4.79 Å². The average molecular weight is 244 g/mol. The molecule has 0 atom stereocenters. The maximum absolute atomic E-state index is 13.6. The average Bonchev–Trinajstić information content (AvgIpc) is 2.22. The van der Waals surface area contributed by atoms with E-state index < -0.39 is 23.0 Å². The number of ether oxygens (including phenoxy) is 1. The highest BCUT2D eigenvalue weighted by molar-refractivity contribution is 5.74. The Labute approximate surface area is 98.0 Å². The summed E-state index contributed by atoms with van der Waals surface area (Å²) in [5.74, 6) is -2.63. The van der Waals surface area contributed by atoms with Gasteiger partial charge in [-0.25, -0.2) is 8.78 Å². The van der Waals surface area contributed by atoms with Crippen molar-refractivity contribution in [1.29, 1.82) is 0 Å². The van der Waals surface area contributed by atoms with E-state index in [9.17, 15) is 13.6 Å². The third kappa shape index (κ3) is 2.93. The van der Waals surface area contributed by atoms with Crippen molar-refractivity contribution in [2.24, 2.45) is 5.41 Å². The van der Waals surface area contributed by atoms with Gasteiger partial charge in [-0.2, -0.15) is 0 Å². The zero-order chi connectivity index (χ0) is 13.2. The monoisotopic (exact) mass is 244 g/mol. The summed E-state index contributed by atoms with van der Waals surface area (Å²) in [6.07, 6.45) is -0.0882. The molecule has 1 aromatic carbocycles. The maximum atomic E-state index is 13.6. The van der Waals surface area contributed by atoms with E-state index in [4.69, 9.17) is 5.11 Å². The molecule has 0 heterocycles. The lowest BCUT2D eigenvalue weighted by Gasteiger charge is -2.19. The Bertz CT molecular complexity index is 442. The van der Waals surface area contributed by atoms with Crippen LogP contribution in [0.3, 0.4) is 0 Å². The molecule has 1 N–H and O–H groups in total. The van der Waals surface area contributed by atoms with Crippen LogP contribution in [-0.4, -0.2) is 18.2 Å². The third-order valence-corrected chi connectivity index (χ3v) is 2.53. The zero-order valence-electron chi connectivity index (χ0n) is 9.88. The first-order valence-electron chi connectivity index (χ1n) is 5.03. The Morgan fingerprint density at radius 2 is 1.94 bits per heavy atom.